The topological polar surface area (TPSA) is 52.0 Å². The van der Waals surface area contributed by atoms with Crippen molar-refractivity contribution in [1.82, 2.24) is 24.4 Å². The maximum atomic E-state index is 6.11. The predicted octanol–water partition coefficient (Wildman–Crippen LogP) is 5.81. The van der Waals surface area contributed by atoms with Crippen molar-refractivity contribution >= 4 is 23.8 Å². The molecular weight excluding hydrogens is 430 g/mol. The van der Waals surface area contributed by atoms with E-state index < -0.39 is 0 Å². The standard InChI is InChI=1S/C23H22ClN5OS/c1-16-14-21(30-26-16)20-8-5-13-27(20)15-28-23(31)29(19-6-3-2-4-7-19)22(25-28)17-9-11-18(24)12-10-17/h2-4,6-7,9-12,14,20H,5,8,13,15H2,1H3. The molecule has 31 heavy (non-hydrogen) atoms. The summed E-state index contributed by atoms with van der Waals surface area (Å²) >= 11 is 12.0. The van der Waals surface area contributed by atoms with Crippen molar-refractivity contribution in [2.24, 2.45) is 0 Å². The second-order valence-corrected chi connectivity index (χ2v) is 8.57. The minimum absolute atomic E-state index is 0.184. The summed E-state index contributed by atoms with van der Waals surface area (Å²) < 4.78 is 10.1. The Balaban J connectivity index is 1.55. The molecule has 0 radical (unpaired) electrons. The summed E-state index contributed by atoms with van der Waals surface area (Å²) in [4.78, 5) is 2.35. The summed E-state index contributed by atoms with van der Waals surface area (Å²) in [6.07, 6.45) is 2.13. The van der Waals surface area contributed by atoms with Gasteiger partial charge in [0, 0.05) is 28.9 Å². The normalized spacial score (nSPS) is 16.8. The quantitative estimate of drug-likeness (QED) is 0.358. The number of hydrogen-bond acceptors (Lipinski definition) is 5. The van der Waals surface area contributed by atoms with Gasteiger partial charge in [-0.2, -0.15) is 0 Å². The number of rotatable bonds is 5. The Morgan fingerprint density at radius 3 is 2.61 bits per heavy atom. The van der Waals surface area contributed by atoms with E-state index in [9.17, 15) is 0 Å². The van der Waals surface area contributed by atoms with Crippen LogP contribution in [0, 0.1) is 11.7 Å². The number of para-hydroxylation sites is 1. The summed E-state index contributed by atoms with van der Waals surface area (Å²) in [6, 6.07) is 20.0. The van der Waals surface area contributed by atoms with Crippen LogP contribution in [-0.2, 0) is 6.67 Å². The third-order valence-corrected chi connectivity index (χ3v) is 6.26. The molecular formula is C23H22ClN5OS. The molecule has 1 unspecified atom stereocenters. The van der Waals surface area contributed by atoms with E-state index in [0.29, 0.717) is 16.5 Å². The van der Waals surface area contributed by atoms with Crippen LogP contribution in [-0.4, -0.2) is 30.9 Å². The van der Waals surface area contributed by atoms with Gasteiger partial charge >= 0.3 is 0 Å². The summed E-state index contributed by atoms with van der Waals surface area (Å²) in [5.41, 5.74) is 2.84. The molecule has 1 saturated heterocycles. The van der Waals surface area contributed by atoms with E-state index in [2.05, 4.69) is 10.1 Å². The van der Waals surface area contributed by atoms with Crippen LogP contribution in [0.15, 0.2) is 65.2 Å². The van der Waals surface area contributed by atoms with E-state index in [1.165, 1.54) is 0 Å². The summed E-state index contributed by atoms with van der Waals surface area (Å²) in [6.45, 7) is 3.49. The second kappa shape index (κ2) is 8.42. The highest BCUT2D eigenvalue weighted by Crippen LogP contribution is 2.33. The monoisotopic (exact) mass is 451 g/mol. The van der Waals surface area contributed by atoms with Gasteiger partial charge in [0.15, 0.2) is 11.6 Å². The van der Waals surface area contributed by atoms with Gasteiger partial charge in [-0.25, -0.2) is 4.68 Å². The lowest BCUT2D eigenvalue weighted by Crippen LogP contribution is -2.26. The average Bonchev–Trinajstić information content (AvgIpc) is 3.49. The molecule has 1 aliphatic rings. The molecule has 5 rings (SSSR count). The zero-order valence-corrected chi connectivity index (χ0v) is 18.7. The first kappa shape index (κ1) is 20.2. The highest BCUT2D eigenvalue weighted by atomic mass is 35.5. The Kier molecular flexibility index (Phi) is 5.48. The smallest absolute Gasteiger partial charge is 0.204 e. The minimum atomic E-state index is 0.184. The molecule has 0 saturated carbocycles. The maximum Gasteiger partial charge on any atom is 0.204 e. The average molecular weight is 452 g/mol. The van der Waals surface area contributed by atoms with E-state index in [1.54, 1.807) is 0 Å². The molecule has 0 amide bonds. The van der Waals surface area contributed by atoms with Gasteiger partial charge < -0.3 is 4.52 Å². The van der Waals surface area contributed by atoms with Gasteiger partial charge in [0.1, 0.15) is 0 Å². The predicted molar refractivity (Wildman–Crippen MR) is 123 cm³/mol. The third kappa shape index (κ3) is 3.96. The Labute approximate surface area is 190 Å². The van der Waals surface area contributed by atoms with E-state index in [-0.39, 0.29) is 6.04 Å². The van der Waals surface area contributed by atoms with Gasteiger partial charge in [0.25, 0.3) is 0 Å². The zero-order valence-electron chi connectivity index (χ0n) is 17.1. The van der Waals surface area contributed by atoms with Crippen LogP contribution in [0.3, 0.4) is 0 Å². The van der Waals surface area contributed by atoms with Gasteiger partial charge in [-0.15, -0.1) is 5.10 Å². The number of halogens is 1. The van der Waals surface area contributed by atoms with Crippen LogP contribution in [0.25, 0.3) is 17.1 Å². The Morgan fingerprint density at radius 2 is 1.90 bits per heavy atom. The molecule has 6 nitrogen and oxygen atoms in total. The van der Waals surface area contributed by atoms with Gasteiger partial charge in [-0.3, -0.25) is 9.47 Å². The van der Waals surface area contributed by atoms with Crippen molar-refractivity contribution in [3.05, 3.63) is 81.9 Å². The van der Waals surface area contributed by atoms with Crippen LogP contribution in [0.4, 0.5) is 0 Å². The Bertz CT molecular complexity index is 1250. The number of nitrogens with zero attached hydrogens (tertiary/aromatic N) is 5. The van der Waals surface area contributed by atoms with Crippen molar-refractivity contribution < 1.29 is 4.52 Å². The van der Waals surface area contributed by atoms with Crippen molar-refractivity contribution in [3.63, 3.8) is 0 Å². The first-order chi connectivity index (χ1) is 15.1. The molecule has 0 bridgehead atoms. The van der Waals surface area contributed by atoms with Gasteiger partial charge in [-0.05, 0) is 68.4 Å². The van der Waals surface area contributed by atoms with E-state index in [1.807, 2.05) is 76.8 Å². The highest BCUT2D eigenvalue weighted by molar-refractivity contribution is 7.71. The lowest BCUT2D eigenvalue weighted by atomic mass is 10.1. The van der Waals surface area contributed by atoms with Crippen molar-refractivity contribution in [1.29, 1.82) is 0 Å². The van der Waals surface area contributed by atoms with E-state index >= 15 is 0 Å². The van der Waals surface area contributed by atoms with Gasteiger partial charge in [0.2, 0.25) is 4.77 Å². The number of likely N-dealkylation sites (tertiary alicyclic amines) is 1. The molecule has 2 aromatic carbocycles. The van der Waals surface area contributed by atoms with Crippen LogP contribution in [0.5, 0.6) is 0 Å². The highest BCUT2D eigenvalue weighted by Gasteiger charge is 2.30. The first-order valence-electron chi connectivity index (χ1n) is 10.3. The molecule has 4 aromatic rings. The van der Waals surface area contributed by atoms with Crippen LogP contribution in [0.2, 0.25) is 5.02 Å². The first-order valence-corrected chi connectivity index (χ1v) is 11.1. The fourth-order valence-corrected chi connectivity index (χ4v) is 4.54. The zero-order chi connectivity index (χ0) is 21.4. The number of aromatic nitrogens is 4. The molecule has 8 heteroatoms. The van der Waals surface area contributed by atoms with E-state index in [0.717, 1.165) is 47.9 Å². The molecule has 1 aliphatic heterocycles. The van der Waals surface area contributed by atoms with Crippen LogP contribution < -0.4 is 0 Å². The fraction of sp³-hybridized carbons (Fsp3) is 0.261. The lowest BCUT2D eigenvalue weighted by molar-refractivity contribution is 0.163. The Hall–Kier alpha value is -2.74. The fourth-order valence-electron chi connectivity index (χ4n) is 4.13. The summed E-state index contributed by atoms with van der Waals surface area (Å²) in [5.74, 6) is 1.70. The van der Waals surface area contributed by atoms with Gasteiger partial charge in [0.05, 0.1) is 18.4 Å². The molecule has 3 heterocycles. The molecule has 1 fully saturated rings. The van der Waals surface area contributed by atoms with Crippen molar-refractivity contribution in [3.8, 4) is 17.1 Å². The Morgan fingerprint density at radius 1 is 1.13 bits per heavy atom. The summed E-state index contributed by atoms with van der Waals surface area (Å²) in [5, 5.41) is 9.68. The van der Waals surface area contributed by atoms with Crippen LogP contribution in [0.1, 0.15) is 30.3 Å². The molecule has 158 valence electrons. The molecule has 0 aliphatic carbocycles. The van der Waals surface area contributed by atoms with Crippen molar-refractivity contribution in [2.75, 3.05) is 6.54 Å². The van der Waals surface area contributed by atoms with Crippen LogP contribution >= 0.6 is 23.8 Å². The molecule has 0 N–H and O–H groups in total. The molecule has 2 aromatic heterocycles. The largest absolute Gasteiger partial charge is 0.359 e. The minimum Gasteiger partial charge on any atom is -0.359 e. The second-order valence-electron chi connectivity index (χ2n) is 7.77. The number of aryl methyl sites for hydroxylation is 1. The number of hydrogen-bond donors (Lipinski definition) is 0. The third-order valence-electron chi connectivity index (χ3n) is 5.61. The SMILES string of the molecule is Cc1cc(C2CCCN2Cn2nc(-c3ccc(Cl)cc3)n(-c3ccccc3)c2=S)on1. The van der Waals surface area contributed by atoms with E-state index in [4.69, 9.17) is 33.4 Å². The number of benzene rings is 2. The van der Waals surface area contributed by atoms with Gasteiger partial charge in [-0.1, -0.05) is 35.0 Å². The summed E-state index contributed by atoms with van der Waals surface area (Å²) in [7, 11) is 0. The van der Waals surface area contributed by atoms with Crippen molar-refractivity contribution in [2.45, 2.75) is 32.5 Å². The maximum absolute atomic E-state index is 6.11. The molecule has 1 atom stereocenters. The lowest BCUT2D eigenvalue weighted by Gasteiger charge is -2.21. The molecule has 0 spiro atoms.